The highest BCUT2D eigenvalue weighted by Crippen LogP contribution is 2.09. The lowest BCUT2D eigenvalue weighted by Gasteiger charge is -2.05. The van der Waals surface area contributed by atoms with Crippen LogP contribution in [0.4, 0.5) is 10.7 Å². The summed E-state index contributed by atoms with van der Waals surface area (Å²) >= 11 is 5.78. The number of nitrogens with one attached hydrogen (secondary N) is 2. The second kappa shape index (κ2) is 6.07. The molecule has 0 spiro atoms. The standard InChI is InChI=1S/C12H12ClN3O2/c13-10-3-1-9(2-4-10)5-7-14-12(17)16-11-6-8-15-18-11/h1-4,6,8H,5,7H2,(H2,14,16,17). The highest BCUT2D eigenvalue weighted by atomic mass is 35.5. The van der Waals surface area contributed by atoms with Crippen LogP contribution in [-0.4, -0.2) is 17.7 Å². The predicted octanol–water partition coefficient (Wildman–Crippen LogP) is 2.69. The summed E-state index contributed by atoms with van der Waals surface area (Å²) in [4.78, 5) is 11.4. The van der Waals surface area contributed by atoms with Crippen molar-refractivity contribution in [2.45, 2.75) is 6.42 Å². The van der Waals surface area contributed by atoms with Crippen molar-refractivity contribution >= 4 is 23.5 Å². The molecule has 2 aromatic rings. The quantitative estimate of drug-likeness (QED) is 0.893. The van der Waals surface area contributed by atoms with Gasteiger partial charge in [-0.3, -0.25) is 5.32 Å². The number of aromatic nitrogens is 1. The monoisotopic (exact) mass is 265 g/mol. The van der Waals surface area contributed by atoms with Gasteiger partial charge >= 0.3 is 6.03 Å². The first-order valence-electron chi connectivity index (χ1n) is 5.44. The molecule has 6 heteroatoms. The largest absolute Gasteiger partial charge is 0.338 e. The molecular formula is C12H12ClN3O2. The number of urea groups is 1. The van der Waals surface area contributed by atoms with Crippen LogP contribution in [0, 0.1) is 0 Å². The Morgan fingerprint density at radius 2 is 2.06 bits per heavy atom. The van der Waals surface area contributed by atoms with Crippen LogP contribution in [-0.2, 0) is 6.42 Å². The van der Waals surface area contributed by atoms with Crippen molar-refractivity contribution in [2.24, 2.45) is 0 Å². The van der Waals surface area contributed by atoms with E-state index in [9.17, 15) is 4.79 Å². The fraction of sp³-hybridized carbons (Fsp3) is 0.167. The number of halogens is 1. The fourth-order valence-electron chi connectivity index (χ4n) is 1.41. The van der Waals surface area contributed by atoms with Gasteiger partial charge < -0.3 is 9.84 Å². The van der Waals surface area contributed by atoms with Crippen LogP contribution in [0.25, 0.3) is 0 Å². The van der Waals surface area contributed by atoms with Crippen LogP contribution in [0.3, 0.4) is 0 Å². The second-order valence-corrected chi connectivity index (χ2v) is 4.07. The van der Waals surface area contributed by atoms with E-state index in [1.807, 2.05) is 24.3 Å². The number of amides is 2. The lowest BCUT2D eigenvalue weighted by Crippen LogP contribution is -2.30. The van der Waals surface area contributed by atoms with Crippen LogP contribution in [0.2, 0.25) is 5.02 Å². The van der Waals surface area contributed by atoms with Gasteiger partial charge in [0, 0.05) is 17.6 Å². The Bertz CT molecular complexity index is 497. The van der Waals surface area contributed by atoms with Crippen molar-refractivity contribution in [1.82, 2.24) is 10.5 Å². The van der Waals surface area contributed by atoms with E-state index in [0.29, 0.717) is 17.5 Å². The number of hydrogen-bond donors (Lipinski definition) is 2. The summed E-state index contributed by atoms with van der Waals surface area (Å²) in [6.45, 7) is 0.529. The summed E-state index contributed by atoms with van der Waals surface area (Å²) in [7, 11) is 0. The van der Waals surface area contributed by atoms with Gasteiger partial charge in [0.1, 0.15) is 0 Å². The number of anilines is 1. The average Bonchev–Trinajstić information content (AvgIpc) is 2.84. The molecule has 0 radical (unpaired) electrons. The number of benzene rings is 1. The summed E-state index contributed by atoms with van der Waals surface area (Å²) in [6.07, 6.45) is 2.20. The highest BCUT2D eigenvalue weighted by Gasteiger charge is 2.03. The minimum absolute atomic E-state index is 0.319. The molecule has 1 aromatic carbocycles. The van der Waals surface area contributed by atoms with E-state index in [2.05, 4.69) is 15.8 Å². The maximum atomic E-state index is 11.4. The third kappa shape index (κ3) is 3.78. The normalized spacial score (nSPS) is 10.1. The Labute approximate surface area is 109 Å². The number of rotatable bonds is 4. The fourth-order valence-corrected chi connectivity index (χ4v) is 1.53. The third-order valence-electron chi connectivity index (χ3n) is 2.29. The van der Waals surface area contributed by atoms with E-state index in [-0.39, 0.29) is 6.03 Å². The van der Waals surface area contributed by atoms with Gasteiger partial charge in [0.15, 0.2) is 0 Å². The zero-order valence-electron chi connectivity index (χ0n) is 9.52. The first kappa shape index (κ1) is 12.4. The van der Waals surface area contributed by atoms with E-state index in [1.165, 1.54) is 6.20 Å². The molecule has 5 nitrogen and oxygen atoms in total. The van der Waals surface area contributed by atoms with Crippen LogP contribution < -0.4 is 10.6 Å². The molecule has 0 bridgehead atoms. The van der Waals surface area contributed by atoms with Crippen molar-refractivity contribution in [3.8, 4) is 0 Å². The molecule has 0 aliphatic heterocycles. The molecule has 0 saturated heterocycles. The van der Waals surface area contributed by atoms with Gasteiger partial charge in [-0.05, 0) is 24.1 Å². The Balaban J connectivity index is 1.72. The summed E-state index contributed by atoms with van der Waals surface area (Å²) < 4.78 is 4.75. The molecule has 2 rings (SSSR count). The maximum Gasteiger partial charge on any atom is 0.321 e. The molecule has 0 atom stereocenters. The van der Waals surface area contributed by atoms with Crippen molar-refractivity contribution < 1.29 is 9.32 Å². The van der Waals surface area contributed by atoms with Crippen LogP contribution in [0.1, 0.15) is 5.56 Å². The molecule has 0 fully saturated rings. The van der Waals surface area contributed by atoms with Crippen molar-refractivity contribution in [3.63, 3.8) is 0 Å². The summed E-state index contributed by atoms with van der Waals surface area (Å²) in [6, 6.07) is 8.76. The van der Waals surface area contributed by atoms with Crippen LogP contribution >= 0.6 is 11.6 Å². The molecule has 2 N–H and O–H groups in total. The second-order valence-electron chi connectivity index (χ2n) is 3.63. The minimum Gasteiger partial charge on any atom is -0.338 e. The maximum absolute atomic E-state index is 11.4. The zero-order valence-corrected chi connectivity index (χ0v) is 10.3. The Hall–Kier alpha value is -2.01. The molecule has 0 aliphatic carbocycles. The van der Waals surface area contributed by atoms with Crippen molar-refractivity contribution in [3.05, 3.63) is 47.1 Å². The molecule has 94 valence electrons. The van der Waals surface area contributed by atoms with E-state index in [0.717, 1.165) is 12.0 Å². The van der Waals surface area contributed by atoms with E-state index in [4.69, 9.17) is 16.1 Å². The van der Waals surface area contributed by atoms with Gasteiger partial charge in [0.2, 0.25) is 5.88 Å². The van der Waals surface area contributed by atoms with Gasteiger partial charge in [0.25, 0.3) is 0 Å². The lowest BCUT2D eigenvalue weighted by atomic mass is 10.1. The molecule has 0 unspecified atom stereocenters. The van der Waals surface area contributed by atoms with Gasteiger partial charge in [-0.1, -0.05) is 28.9 Å². The molecule has 1 aromatic heterocycles. The number of carbonyl (C=O) groups excluding carboxylic acids is 1. The molecule has 0 aliphatic rings. The number of carbonyl (C=O) groups is 1. The van der Waals surface area contributed by atoms with E-state index >= 15 is 0 Å². The number of hydrogen-bond acceptors (Lipinski definition) is 3. The highest BCUT2D eigenvalue weighted by molar-refractivity contribution is 6.30. The summed E-state index contributed by atoms with van der Waals surface area (Å²) in [5, 5.41) is 9.42. The van der Waals surface area contributed by atoms with E-state index < -0.39 is 0 Å². The molecule has 0 saturated carbocycles. The van der Waals surface area contributed by atoms with Crippen LogP contribution in [0.15, 0.2) is 41.1 Å². The predicted molar refractivity (Wildman–Crippen MR) is 68.7 cm³/mol. The number of nitrogens with zero attached hydrogens (tertiary/aromatic N) is 1. The van der Waals surface area contributed by atoms with Gasteiger partial charge in [-0.15, -0.1) is 0 Å². The van der Waals surface area contributed by atoms with Gasteiger partial charge in [-0.25, -0.2) is 4.79 Å². The SMILES string of the molecule is O=C(NCCc1ccc(Cl)cc1)Nc1ccno1. The summed E-state index contributed by atoms with van der Waals surface area (Å²) in [5.74, 6) is 0.319. The first-order chi connectivity index (χ1) is 8.74. The zero-order chi connectivity index (χ0) is 12.8. The van der Waals surface area contributed by atoms with Crippen LogP contribution in [0.5, 0.6) is 0 Å². The van der Waals surface area contributed by atoms with Gasteiger partial charge in [-0.2, -0.15) is 0 Å². The lowest BCUT2D eigenvalue weighted by molar-refractivity contribution is 0.251. The van der Waals surface area contributed by atoms with E-state index in [1.54, 1.807) is 6.07 Å². The van der Waals surface area contributed by atoms with Crippen molar-refractivity contribution in [2.75, 3.05) is 11.9 Å². The first-order valence-corrected chi connectivity index (χ1v) is 5.82. The molecule has 2 amide bonds. The topological polar surface area (TPSA) is 67.2 Å². The Morgan fingerprint density at radius 1 is 1.28 bits per heavy atom. The molecular weight excluding hydrogens is 254 g/mol. The minimum atomic E-state index is -0.319. The average molecular weight is 266 g/mol. The molecule has 18 heavy (non-hydrogen) atoms. The third-order valence-corrected chi connectivity index (χ3v) is 2.54. The van der Waals surface area contributed by atoms with Gasteiger partial charge in [0.05, 0.1) is 6.20 Å². The Morgan fingerprint density at radius 3 is 2.72 bits per heavy atom. The smallest absolute Gasteiger partial charge is 0.321 e. The Kier molecular flexibility index (Phi) is 4.20. The summed E-state index contributed by atoms with van der Waals surface area (Å²) in [5.41, 5.74) is 1.11. The van der Waals surface area contributed by atoms with Crippen molar-refractivity contribution in [1.29, 1.82) is 0 Å². The molecule has 1 heterocycles.